The Morgan fingerprint density at radius 1 is 0.459 bits per heavy atom. The Morgan fingerprint density at radius 2 is 0.892 bits per heavy atom. The molecule has 4 aromatic carbocycles. The van der Waals surface area contributed by atoms with Crippen molar-refractivity contribution in [1.29, 1.82) is 0 Å². The zero-order valence-corrected chi connectivity index (χ0v) is 22.1. The normalized spacial score (nSPS) is 14.1. The molecule has 0 aliphatic carbocycles. The number of rotatable bonds is 4. The highest BCUT2D eigenvalue weighted by Crippen LogP contribution is 2.40. The molecule has 180 valence electrons. The lowest BCUT2D eigenvalue weighted by Gasteiger charge is -2.36. The van der Waals surface area contributed by atoms with Crippen LogP contribution in [-0.4, -0.2) is 6.28 Å². The molecule has 0 saturated heterocycles. The number of pyridine rings is 1. The second-order valence-electron chi connectivity index (χ2n) is 10.7. The lowest BCUT2D eigenvalue weighted by atomic mass is 9.23. The van der Waals surface area contributed by atoms with Crippen LogP contribution in [0.5, 0.6) is 0 Å². The van der Waals surface area contributed by atoms with Crippen molar-refractivity contribution in [1.82, 2.24) is 0 Å². The summed E-state index contributed by atoms with van der Waals surface area (Å²) in [6.07, 6.45) is 0.780. The topological polar surface area (TPSA) is 3.88 Å². The van der Waals surface area contributed by atoms with E-state index in [9.17, 15) is 0 Å². The van der Waals surface area contributed by atoms with Crippen LogP contribution >= 0.6 is 0 Å². The maximum Gasteiger partial charge on any atom is 0.361 e. The summed E-state index contributed by atoms with van der Waals surface area (Å²) in [5, 5.41) is 0. The van der Waals surface area contributed by atoms with Gasteiger partial charge in [-0.05, 0) is 39.3 Å². The maximum atomic E-state index is 2.56. The first-order chi connectivity index (χ1) is 18.0. The van der Waals surface area contributed by atoms with Gasteiger partial charge in [-0.3, -0.25) is 0 Å². The Bertz CT molecular complexity index is 1560. The minimum atomic E-state index is -1.50. The van der Waals surface area contributed by atoms with Crippen LogP contribution in [0.25, 0.3) is 11.0 Å². The molecule has 0 spiro atoms. The summed E-state index contributed by atoms with van der Waals surface area (Å²) in [6, 6.07) is 43.1. The standard InChI is InChI=1S/C35H32BN/c1-25-8-16-29(17-9-25)34-33-7-5-6-24-37(33)36(31-20-12-27(3)13-21-31,32-22-14-28(4)15-23-32)35(34)30-18-10-26(2)11-19-30/h5-24H,1-4H3. The van der Waals surface area contributed by atoms with Crippen molar-refractivity contribution in [3.63, 3.8) is 0 Å². The van der Waals surface area contributed by atoms with E-state index >= 15 is 0 Å². The summed E-state index contributed by atoms with van der Waals surface area (Å²) in [5.74, 6) is 0. The molecule has 0 saturated carbocycles. The Labute approximate surface area is 220 Å². The van der Waals surface area contributed by atoms with Crippen LogP contribution in [-0.2, 0) is 0 Å². The highest BCUT2D eigenvalue weighted by atomic mass is 14.9. The van der Waals surface area contributed by atoms with Gasteiger partial charge in [-0.25, -0.2) is 0 Å². The van der Waals surface area contributed by atoms with E-state index in [1.165, 1.54) is 61.0 Å². The monoisotopic (exact) mass is 477 g/mol. The van der Waals surface area contributed by atoms with Gasteiger partial charge in [0.25, 0.3) is 0 Å². The van der Waals surface area contributed by atoms with E-state index in [1.807, 2.05) is 0 Å². The van der Waals surface area contributed by atoms with E-state index in [0.29, 0.717) is 0 Å². The van der Waals surface area contributed by atoms with Gasteiger partial charge in [0.1, 0.15) is 6.20 Å². The lowest BCUT2D eigenvalue weighted by molar-refractivity contribution is -0.539. The molecule has 0 N–H and O–H groups in total. The molecule has 2 heterocycles. The largest absolute Gasteiger partial charge is 0.408 e. The summed E-state index contributed by atoms with van der Waals surface area (Å²) >= 11 is 0. The molecule has 1 nitrogen and oxygen atoms in total. The van der Waals surface area contributed by atoms with Crippen LogP contribution in [0.3, 0.4) is 0 Å². The van der Waals surface area contributed by atoms with Gasteiger partial charge in [0, 0.05) is 11.6 Å². The molecule has 1 aliphatic rings. The van der Waals surface area contributed by atoms with Crippen LogP contribution in [0.1, 0.15) is 39.1 Å². The van der Waals surface area contributed by atoms with E-state index < -0.39 is 6.28 Å². The van der Waals surface area contributed by atoms with Crippen LogP contribution in [0.15, 0.2) is 121 Å². The van der Waals surface area contributed by atoms with Gasteiger partial charge in [0.2, 0.25) is 0 Å². The summed E-state index contributed by atoms with van der Waals surface area (Å²) in [7, 11) is 0. The number of hydrogen-bond donors (Lipinski definition) is 0. The second-order valence-corrected chi connectivity index (χ2v) is 10.7. The second kappa shape index (κ2) is 9.05. The SMILES string of the molecule is Cc1ccc(C2=C(c3ccc(C)cc3)[B-](c3ccc(C)cc3)(c3ccc(C)cc3)[n+]3ccccc32)cc1. The predicted molar refractivity (Wildman–Crippen MR) is 158 cm³/mol. The summed E-state index contributed by atoms with van der Waals surface area (Å²) in [6.45, 7) is 8.65. The Balaban J connectivity index is 1.82. The van der Waals surface area contributed by atoms with Crippen molar-refractivity contribution in [2.24, 2.45) is 0 Å². The van der Waals surface area contributed by atoms with E-state index in [4.69, 9.17) is 0 Å². The van der Waals surface area contributed by atoms with Gasteiger partial charge in [0.05, 0.1) is 0 Å². The number of aryl methyl sites for hydroxylation is 4. The molecule has 2 heteroatoms. The summed E-state index contributed by atoms with van der Waals surface area (Å²) < 4.78 is 2.56. The number of aromatic nitrogens is 1. The van der Waals surface area contributed by atoms with Crippen LogP contribution in [0, 0.1) is 27.7 Å². The molecule has 0 bridgehead atoms. The van der Waals surface area contributed by atoms with E-state index in [1.54, 1.807) is 0 Å². The molecule has 0 fully saturated rings. The van der Waals surface area contributed by atoms with E-state index in [2.05, 4.69) is 154 Å². The van der Waals surface area contributed by atoms with E-state index in [-0.39, 0.29) is 0 Å². The third-order valence-electron chi connectivity index (χ3n) is 8.07. The van der Waals surface area contributed by atoms with Crippen molar-refractivity contribution in [2.75, 3.05) is 0 Å². The van der Waals surface area contributed by atoms with Crippen molar-refractivity contribution < 1.29 is 4.48 Å². The first-order valence-electron chi connectivity index (χ1n) is 13.2. The summed E-state index contributed by atoms with van der Waals surface area (Å²) in [4.78, 5) is 0. The van der Waals surface area contributed by atoms with Gasteiger partial charge in [-0.2, -0.15) is 0 Å². The molecule has 0 atom stereocenters. The Morgan fingerprint density at radius 3 is 1.38 bits per heavy atom. The molecule has 5 aromatic rings. The predicted octanol–water partition coefficient (Wildman–Crippen LogP) is 6.33. The van der Waals surface area contributed by atoms with Crippen LogP contribution < -0.4 is 15.4 Å². The number of hydrogen-bond acceptors (Lipinski definition) is 0. The molecule has 0 radical (unpaired) electrons. The average Bonchev–Trinajstić information content (AvgIpc) is 3.22. The van der Waals surface area contributed by atoms with Gasteiger partial charge < -0.3 is 4.48 Å². The molecular weight excluding hydrogens is 445 g/mol. The van der Waals surface area contributed by atoms with Gasteiger partial charge >= 0.3 is 6.28 Å². The molecule has 1 aliphatic heterocycles. The zero-order chi connectivity index (χ0) is 25.6. The van der Waals surface area contributed by atoms with Crippen molar-refractivity contribution in [2.45, 2.75) is 27.7 Å². The van der Waals surface area contributed by atoms with Crippen LogP contribution in [0.2, 0.25) is 0 Å². The fraction of sp³-hybridized carbons (Fsp3) is 0.114. The van der Waals surface area contributed by atoms with E-state index in [0.717, 1.165) is 0 Å². The Hall–Kier alpha value is -4.17. The molecule has 0 amide bonds. The van der Waals surface area contributed by atoms with Crippen molar-refractivity contribution >= 4 is 28.3 Å². The fourth-order valence-corrected chi connectivity index (χ4v) is 6.17. The molecule has 1 aromatic heterocycles. The van der Waals surface area contributed by atoms with Crippen molar-refractivity contribution in [3.05, 3.63) is 161 Å². The third kappa shape index (κ3) is 3.76. The lowest BCUT2D eigenvalue weighted by Crippen LogP contribution is -2.78. The molecule has 6 rings (SSSR count). The smallest absolute Gasteiger partial charge is 0.361 e. The first kappa shape index (κ1) is 23.2. The third-order valence-corrected chi connectivity index (χ3v) is 8.07. The maximum absolute atomic E-state index is 2.56. The highest BCUT2D eigenvalue weighted by molar-refractivity contribution is 7.11. The summed E-state index contributed by atoms with van der Waals surface area (Å²) in [5.41, 5.74) is 14.2. The highest BCUT2D eigenvalue weighted by Gasteiger charge is 2.51. The minimum Gasteiger partial charge on any atom is -0.408 e. The average molecular weight is 477 g/mol. The quantitative estimate of drug-likeness (QED) is 0.267. The van der Waals surface area contributed by atoms with Gasteiger partial charge in [0.15, 0.2) is 5.69 Å². The zero-order valence-electron chi connectivity index (χ0n) is 22.1. The number of benzene rings is 4. The Kier molecular flexibility index (Phi) is 5.69. The fourth-order valence-electron chi connectivity index (χ4n) is 6.17. The number of fused-ring (bicyclic) bond motifs is 1. The molecule has 37 heavy (non-hydrogen) atoms. The molecule has 0 unspecified atom stereocenters. The number of nitrogens with zero attached hydrogens (tertiary/aromatic N) is 1. The van der Waals surface area contributed by atoms with Crippen LogP contribution in [0.4, 0.5) is 0 Å². The van der Waals surface area contributed by atoms with Crippen molar-refractivity contribution in [3.8, 4) is 0 Å². The van der Waals surface area contributed by atoms with Gasteiger partial charge in [-0.15, -0.1) is 16.4 Å². The van der Waals surface area contributed by atoms with Gasteiger partial charge in [-0.1, -0.05) is 131 Å². The minimum absolute atomic E-state index is 1.25. The molecular formula is C35H32BN. The first-order valence-corrected chi connectivity index (χ1v) is 13.2.